The first-order valence-electron chi connectivity index (χ1n) is 6.80. The first kappa shape index (κ1) is 16.2. The average molecular weight is 318 g/mol. The molecule has 0 unspecified atom stereocenters. The molecule has 2 aromatic carbocycles. The lowest BCUT2D eigenvalue weighted by atomic mass is 10.2. The minimum Gasteiger partial charge on any atom is -0.325 e. The summed E-state index contributed by atoms with van der Waals surface area (Å²) in [6, 6.07) is 13.7. The molecule has 116 valence electrons. The highest BCUT2D eigenvalue weighted by Gasteiger charge is 2.15. The van der Waals surface area contributed by atoms with Crippen LogP contribution in [0.3, 0.4) is 0 Å². The predicted molar refractivity (Wildman–Crippen MR) is 86.2 cm³/mol. The molecule has 0 radical (unpaired) electrons. The van der Waals surface area contributed by atoms with Crippen molar-refractivity contribution < 1.29 is 13.2 Å². The number of benzene rings is 2. The molecule has 2 aromatic rings. The molecule has 5 nitrogen and oxygen atoms in total. The first-order valence-corrected chi connectivity index (χ1v) is 8.28. The van der Waals surface area contributed by atoms with Crippen LogP contribution in [0, 0.1) is 13.8 Å². The summed E-state index contributed by atoms with van der Waals surface area (Å²) in [5.74, 6) is -0.415. The van der Waals surface area contributed by atoms with E-state index in [9.17, 15) is 13.2 Å². The van der Waals surface area contributed by atoms with Gasteiger partial charge in [-0.05, 0) is 43.7 Å². The van der Waals surface area contributed by atoms with E-state index in [0.29, 0.717) is 5.69 Å². The summed E-state index contributed by atoms with van der Waals surface area (Å²) in [4.78, 5) is 12.0. The van der Waals surface area contributed by atoms with Gasteiger partial charge >= 0.3 is 0 Å². The fourth-order valence-electron chi connectivity index (χ4n) is 1.89. The highest BCUT2D eigenvalue weighted by molar-refractivity contribution is 7.89. The van der Waals surface area contributed by atoms with Crippen molar-refractivity contribution in [1.82, 2.24) is 4.72 Å². The van der Waals surface area contributed by atoms with Crippen LogP contribution in [0.1, 0.15) is 11.1 Å². The van der Waals surface area contributed by atoms with E-state index in [4.69, 9.17) is 0 Å². The predicted octanol–water partition coefficient (Wildman–Crippen LogP) is 2.22. The fourth-order valence-corrected chi connectivity index (χ4v) is 2.87. The maximum Gasteiger partial charge on any atom is 0.241 e. The van der Waals surface area contributed by atoms with Crippen molar-refractivity contribution in [2.75, 3.05) is 11.9 Å². The van der Waals surface area contributed by atoms with Crippen LogP contribution in [-0.4, -0.2) is 20.9 Å². The number of hydrogen-bond donors (Lipinski definition) is 2. The number of anilines is 1. The van der Waals surface area contributed by atoms with Gasteiger partial charge in [-0.1, -0.05) is 29.8 Å². The van der Waals surface area contributed by atoms with Gasteiger partial charge in [-0.25, -0.2) is 13.1 Å². The van der Waals surface area contributed by atoms with Gasteiger partial charge in [-0.15, -0.1) is 0 Å². The number of sulfonamides is 1. The maximum absolute atomic E-state index is 12.1. The summed E-state index contributed by atoms with van der Waals surface area (Å²) in [6.45, 7) is 3.47. The largest absolute Gasteiger partial charge is 0.325 e. The van der Waals surface area contributed by atoms with Gasteiger partial charge in [0, 0.05) is 5.69 Å². The van der Waals surface area contributed by atoms with Gasteiger partial charge in [0.05, 0.1) is 11.4 Å². The zero-order valence-corrected chi connectivity index (χ0v) is 13.3. The van der Waals surface area contributed by atoms with Crippen molar-refractivity contribution in [3.05, 3.63) is 59.7 Å². The SMILES string of the molecule is Cc1ccc(S(=O)(=O)NCC(=O)Nc2cccc(C)c2)cc1. The zero-order chi connectivity index (χ0) is 16.2. The Bertz CT molecular complexity index is 768. The Kier molecular flexibility index (Phi) is 4.95. The lowest BCUT2D eigenvalue weighted by Gasteiger charge is -2.08. The number of carbonyl (C=O) groups is 1. The Hall–Kier alpha value is -2.18. The van der Waals surface area contributed by atoms with Gasteiger partial charge in [0.25, 0.3) is 0 Å². The summed E-state index contributed by atoms with van der Waals surface area (Å²) in [6.07, 6.45) is 0. The quantitative estimate of drug-likeness (QED) is 0.887. The van der Waals surface area contributed by atoms with Crippen LogP contribution in [0.15, 0.2) is 53.4 Å². The molecule has 0 fully saturated rings. The van der Waals surface area contributed by atoms with E-state index < -0.39 is 15.9 Å². The molecular weight excluding hydrogens is 300 g/mol. The van der Waals surface area contributed by atoms with Crippen molar-refractivity contribution in [2.45, 2.75) is 18.7 Å². The highest BCUT2D eigenvalue weighted by Crippen LogP contribution is 2.11. The van der Waals surface area contributed by atoms with Gasteiger partial charge < -0.3 is 5.32 Å². The van der Waals surface area contributed by atoms with E-state index in [1.165, 1.54) is 12.1 Å². The zero-order valence-electron chi connectivity index (χ0n) is 12.5. The molecule has 2 N–H and O–H groups in total. The number of rotatable bonds is 5. The molecule has 0 spiro atoms. The van der Waals surface area contributed by atoms with Crippen LogP contribution in [0.2, 0.25) is 0 Å². The number of nitrogens with one attached hydrogen (secondary N) is 2. The number of carbonyl (C=O) groups excluding carboxylic acids is 1. The molecule has 0 saturated heterocycles. The van der Waals surface area contributed by atoms with E-state index in [-0.39, 0.29) is 11.4 Å². The topological polar surface area (TPSA) is 75.3 Å². The third-order valence-corrected chi connectivity index (χ3v) is 4.47. The third kappa shape index (κ3) is 4.41. The monoisotopic (exact) mass is 318 g/mol. The minimum absolute atomic E-state index is 0.140. The summed E-state index contributed by atoms with van der Waals surface area (Å²) in [7, 11) is -3.68. The Labute approximate surface area is 130 Å². The maximum atomic E-state index is 12.1. The Balaban J connectivity index is 1.97. The summed E-state index contributed by atoms with van der Waals surface area (Å²) in [5, 5.41) is 2.65. The van der Waals surface area contributed by atoms with E-state index in [1.54, 1.807) is 18.2 Å². The summed E-state index contributed by atoms with van der Waals surface area (Å²) >= 11 is 0. The smallest absolute Gasteiger partial charge is 0.241 e. The van der Waals surface area contributed by atoms with E-state index in [0.717, 1.165) is 11.1 Å². The lowest BCUT2D eigenvalue weighted by Crippen LogP contribution is -2.32. The molecule has 0 aliphatic rings. The van der Waals surface area contributed by atoms with Crippen LogP contribution < -0.4 is 10.0 Å². The standard InChI is InChI=1S/C16H18N2O3S/c1-12-6-8-15(9-7-12)22(20,21)17-11-16(19)18-14-5-3-4-13(2)10-14/h3-10,17H,11H2,1-2H3,(H,18,19). The number of aryl methyl sites for hydroxylation is 2. The molecule has 0 aromatic heterocycles. The molecule has 0 atom stereocenters. The lowest BCUT2D eigenvalue weighted by molar-refractivity contribution is -0.115. The van der Waals surface area contributed by atoms with Crippen LogP contribution in [0.5, 0.6) is 0 Å². The molecular formula is C16H18N2O3S. The van der Waals surface area contributed by atoms with E-state index in [1.807, 2.05) is 32.0 Å². The van der Waals surface area contributed by atoms with Crippen molar-refractivity contribution in [3.8, 4) is 0 Å². The molecule has 0 saturated carbocycles. The molecule has 6 heteroatoms. The van der Waals surface area contributed by atoms with Gasteiger partial charge in [0.2, 0.25) is 15.9 Å². The second-order valence-electron chi connectivity index (χ2n) is 5.06. The molecule has 0 aliphatic carbocycles. The van der Waals surface area contributed by atoms with E-state index in [2.05, 4.69) is 10.0 Å². The van der Waals surface area contributed by atoms with Crippen LogP contribution >= 0.6 is 0 Å². The summed E-state index contributed by atoms with van der Waals surface area (Å²) < 4.78 is 26.4. The Morgan fingerprint density at radius 3 is 2.32 bits per heavy atom. The van der Waals surface area contributed by atoms with Crippen LogP contribution in [0.4, 0.5) is 5.69 Å². The van der Waals surface area contributed by atoms with Gasteiger partial charge in [-0.3, -0.25) is 4.79 Å². The minimum atomic E-state index is -3.68. The highest BCUT2D eigenvalue weighted by atomic mass is 32.2. The van der Waals surface area contributed by atoms with Gasteiger partial charge in [-0.2, -0.15) is 0 Å². The molecule has 2 rings (SSSR count). The van der Waals surface area contributed by atoms with Crippen molar-refractivity contribution in [2.24, 2.45) is 0 Å². The van der Waals surface area contributed by atoms with Crippen molar-refractivity contribution in [1.29, 1.82) is 0 Å². The Morgan fingerprint density at radius 2 is 1.68 bits per heavy atom. The molecule has 0 bridgehead atoms. The van der Waals surface area contributed by atoms with Crippen LogP contribution in [0.25, 0.3) is 0 Å². The Morgan fingerprint density at radius 1 is 1.00 bits per heavy atom. The second-order valence-corrected chi connectivity index (χ2v) is 6.82. The normalized spacial score (nSPS) is 11.2. The average Bonchev–Trinajstić information content (AvgIpc) is 2.46. The molecule has 0 aliphatic heterocycles. The molecule has 1 amide bonds. The van der Waals surface area contributed by atoms with Gasteiger partial charge in [0.15, 0.2) is 0 Å². The van der Waals surface area contributed by atoms with E-state index >= 15 is 0 Å². The van der Waals surface area contributed by atoms with Crippen LogP contribution in [-0.2, 0) is 14.8 Å². The molecule has 0 heterocycles. The second kappa shape index (κ2) is 6.72. The number of hydrogen-bond acceptors (Lipinski definition) is 3. The van der Waals surface area contributed by atoms with Gasteiger partial charge in [0.1, 0.15) is 0 Å². The molecule has 22 heavy (non-hydrogen) atoms. The fraction of sp³-hybridized carbons (Fsp3) is 0.188. The van der Waals surface area contributed by atoms with Crippen molar-refractivity contribution >= 4 is 21.6 Å². The number of amides is 1. The third-order valence-electron chi connectivity index (χ3n) is 3.06. The first-order chi connectivity index (χ1) is 10.4. The van der Waals surface area contributed by atoms with Crippen molar-refractivity contribution in [3.63, 3.8) is 0 Å². The summed E-state index contributed by atoms with van der Waals surface area (Å²) in [5.41, 5.74) is 2.62.